The monoisotopic (exact) mass is 288 g/mol. The Labute approximate surface area is 118 Å². The van der Waals surface area contributed by atoms with Crippen molar-refractivity contribution >= 4 is 22.9 Å². The summed E-state index contributed by atoms with van der Waals surface area (Å²) >= 11 is 7.66. The Balaban J connectivity index is 2.10. The smallest absolute Gasteiger partial charge is 0.0931 e. The minimum atomic E-state index is 0.276. The van der Waals surface area contributed by atoms with Crippen LogP contribution >= 0.6 is 22.9 Å². The Kier molecular flexibility index (Phi) is 5.45. The highest BCUT2D eigenvalue weighted by Gasteiger charge is 2.25. The molecule has 1 saturated heterocycles. The van der Waals surface area contributed by atoms with Gasteiger partial charge in [0.25, 0.3) is 0 Å². The van der Waals surface area contributed by atoms with Gasteiger partial charge in [-0.15, -0.1) is 11.3 Å². The van der Waals surface area contributed by atoms with Crippen molar-refractivity contribution in [2.75, 3.05) is 26.2 Å². The second kappa shape index (κ2) is 6.87. The van der Waals surface area contributed by atoms with Crippen LogP contribution < -0.4 is 5.73 Å². The molecular formula is C13H21ClN2OS. The summed E-state index contributed by atoms with van der Waals surface area (Å²) in [5.41, 5.74) is 5.96. The van der Waals surface area contributed by atoms with Gasteiger partial charge in [-0.25, -0.2) is 0 Å². The number of rotatable bonds is 4. The molecule has 0 radical (unpaired) electrons. The quantitative estimate of drug-likeness (QED) is 0.926. The van der Waals surface area contributed by atoms with Crippen molar-refractivity contribution in [2.45, 2.75) is 31.9 Å². The van der Waals surface area contributed by atoms with Crippen molar-refractivity contribution in [3.05, 3.63) is 21.3 Å². The number of thiophene rings is 1. The Bertz CT molecular complexity index is 372. The highest BCUT2D eigenvalue weighted by molar-refractivity contribution is 7.16. The first-order chi connectivity index (χ1) is 8.74. The van der Waals surface area contributed by atoms with E-state index in [0.29, 0.717) is 12.6 Å². The number of halogens is 1. The molecule has 0 aliphatic carbocycles. The number of hydrogen-bond donors (Lipinski definition) is 1. The predicted molar refractivity (Wildman–Crippen MR) is 77.3 cm³/mol. The van der Waals surface area contributed by atoms with Crippen molar-refractivity contribution in [3.8, 4) is 0 Å². The van der Waals surface area contributed by atoms with E-state index in [4.69, 9.17) is 22.1 Å². The zero-order valence-electron chi connectivity index (χ0n) is 10.8. The third kappa shape index (κ3) is 3.45. The molecular weight excluding hydrogens is 268 g/mol. The molecule has 0 bridgehead atoms. The summed E-state index contributed by atoms with van der Waals surface area (Å²) in [5, 5.41) is 0. The van der Waals surface area contributed by atoms with E-state index in [2.05, 4.69) is 17.9 Å². The van der Waals surface area contributed by atoms with Gasteiger partial charge in [0.05, 0.1) is 16.5 Å². The van der Waals surface area contributed by atoms with E-state index < -0.39 is 0 Å². The standard InChI is InChI=1S/C13H21ClN2OS/c1-2-10-9-16(6-3-7-17-10)11(8-15)12-4-5-13(14)18-12/h4-5,10-11H,2-3,6-9,15H2,1H3. The van der Waals surface area contributed by atoms with E-state index in [1.54, 1.807) is 11.3 Å². The second-order valence-corrected chi connectivity index (χ2v) is 6.39. The lowest BCUT2D eigenvalue weighted by Crippen LogP contribution is -2.38. The fourth-order valence-electron chi connectivity index (χ4n) is 2.41. The topological polar surface area (TPSA) is 38.5 Å². The van der Waals surface area contributed by atoms with Crippen molar-refractivity contribution in [1.82, 2.24) is 4.90 Å². The van der Waals surface area contributed by atoms with Gasteiger partial charge in [-0.3, -0.25) is 4.90 Å². The van der Waals surface area contributed by atoms with E-state index in [1.807, 2.05) is 6.07 Å². The largest absolute Gasteiger partial charge is 0.377 e. The van der Waals surface area contributed by atoms with Crippen LogP contribution in [-0.4, -0.2) is 37.2 Å². The summed E-state index contributed by atoms with van der Waals surface area (Å²) < 4.78 is 6.65. The van der Waals surface area contributed by atoms with Gasteiger partial charge < -0.3 is 10.5 Å². The first kappa shape index (κ1) is 14.3. The molecule has 2 atom stereocenters. The van der Waals surface area contributed by atoms with Crippen molar-refractivity contribution < 1.29 is 4.74 Å². The van der Waals surface area contributed by atoms with Crippen LogP contribution in [0.25, 0.3) is 0 Å². The molecule has 2 unspecified atom stereocenters. The van der Waals surface area contributed by atoms with Crippen LogP contribution in [0, 0.1) is 0 Å². The normalized spacial score (nSPS) is 23.8. The lowest BCUT2D eigenvalue weighted by Gasteiger charge is -2.30. The summed E-state index contributed by atoms with van der Waals surface area (Å²) in [5.74, 6) is 0. The number of nitrogens with zero attached hydrogens (tertiary/aromatic N) is 1. The number of hydrogen-bond acceptors (Lipinski definition) is 4. The molecule has 2 rings (SSSR count). The van der Waals surface area contributed by atoms with Crippen molar-refractivity contribution in [1.29, 1.82) is 0 Å². The van der Waals surface area contributed by atoms with E-state index in [-0.39, 0.29) is 6.04 Å². The average Bonchev–Trinajstić information content (AvgIpc) is 2.66. The minimum Gasteiger partial charge on any atom is -0.377 e. The van der Waals surface area contributed by atoms with Crippen LogP contribution in [0.3, 0.4) is 0 Å². The molecule has 18 heavy (non-hydrogen) atoms. The predicted octanol–water partition coefficient (Wildman–Crippen LogP) is 2.90. The molecule has 1 fully saturated rings. The Morgan fingerprint density at radius 1 is 1.61 bits per heavy atom. The minimum absolute atomic E-state index is 0.276. The van der Waals surface area contributed by atoms with Crippen LogP contribution in [0.15, 0.2) is 12.1 Å². The summed E-state index contributed by atoms with van der Waals surface area (Å²) in [6, 6.07) is 4.32. The van der Waals surface area contributed by atoms with Gasteiger partial charge in [0, 0.05) is 31.1 Å². The molecule has 1 aromatic heterocycles. The van der Waals surface area contributed by atoms with E-state index in [9.17, 15) is 0 Å². The Morgan fingerprint density at radius 2 is 2.44 bits per heavy atom. The second-order valence-electron chi connectivity index (χ2n) is 4.64. The van der Waals surface area contributed by atoms with Gasteiger partial charge in [0.15, 0.2) is 0 Å². The number of ether oxygens (including phenoxy) is 1. The first-order valence-corrected chi connectivity index (χ1v) is 7.75. The van der Waals surface area contributed by atoms with Gasteiger partial charge in [-0.2, -0.15) is 0 Å². The third-order valence-electron chi connectivity index (χ3n) is 3.42. The van der Waals surface area contributed by atoms with Gasteiger partial charge in [-0.1, -0.05) is 18.5 Å². The van der Waals surface area contributed by atoms with Crippen LogP contribution in [0.4, 0.5) is 0 Å². The molecule has 0 amide bonds. The lowest BCUT2D eigenvalue weighted by molar-refractivity contribution is 0.0461. The van der Waals surface area contributed by atoms with Gasteiger partial charge in [0.1, 0.15) is 0 Å². The van der Waals surface area contributed by atoms with Gasteiger partial charge >= 0.3 is 0 Å². The summed E-state index contributed by atoms with van der Waals surface area (Å²) in [7, 11) is 0. The molecule has 0 aromatic carbocycles. The molecule has 1 aliphatic rings. The van der Waals surface area contributed by atoms with E-state index >= 15 is 0 Å². The molecule has 2 N–H and O–H groups in total. The maximum Gasteiger partial charge on any atom is 0.0931 e. The SMILES string of the molecule is CCC1CN(C(CN)c2ccc(Cl)s2)CCCO1. The Morgan fingerprint density at radius 3 is 3.06 bits per heavy atom. The van der Waals surface area contributed by atoms with Gasteiger partial charge in [0.2, 0.25) is 0 Å². The van der Waals surface area contributed by atoms with Crippen molar-refractivity contribution in [2.24, 2.45) is 5.73 Å². The average molecular weight is 289 g/mol. The zero-order chi connectivity index (χ0) is 13.0. The number of nitrogens with two attached hydrogens (primary N) is 1. The molecule has 1 aliphatic heterocycles. The lowest BCUT2D eigenvalue weighted by atomic mass is 10.1. The van der Waals surface area contributed by atoms with E-state index in [0.717, 1.165) is 36.9 Å². The zero-order valence-corrected chi connectivity index (χ0v) is 12.3. The maximum absolute atomic E-state index is 6.02. The maximum atomic E-state index is 6.02. The molecule has 3 nitrogen and oxygen atoms in total. The highest BCUT2D eigenvalue weighted by atomic mass is 35.5. The first-order valence-electron chi connectivity index (χ1n) is 6.55. The molecule has 2 heterocycles. The molecule has 0 spiro atoms. The molecule has 102 valence electrons. The molecule has 1 aromatic rings. The summed E-state index contributed by atoms with van der Waals surface area (Å²) in [6.45, 7) is 5.68. The fourth-order valence-corrected chi connectivity index (χ4v) is 3.61. The molecule has 5 heteroatoms. The fraction of sp³-hybridized carbons (Fsp3) is 0.692. The van der Waals surface area contributed by atoms with Crippen LogP contribution in [0.1, 0.15) is 30.7 Å². The van der Waals surface area contributed by atoms with Gasteiger partial charge in [-0.05, 0) is 25.0 Å². The van der Waals surface area contributed by atoms with Crippen LogP contribution in [0.5, 0.6) is 0 Å². The Hall–Kier alpha value is -0.130. The summed E-state index contributed by atoms with van der Waals surface area (Å²) in [6.07, 6.45) is 2.46. The van der Waals surface area contributed by atoms with E-state index in [1.165, 1.54) is 4.88 Å². The summed E-state index contributed by atoms with van der Waals surface area (Å²) in [4.78, 5) is 3.71. The molecule has 0 saturated carbocycles. The highest BCUT2D eigenvalue weighted by Crippen LogP contribution is 2.31. The van der Waals surface area contributed by atoms with Crippen LogP contribution in [0.2, 0.25) is 4.34 Å². The van der Waals surface area contributed by atoms with Crippen LogP contribution in [-0.2, 0) is 4.74 Å². The third-order valence-corrected chi connectivity index (χ3v) is 4.76. The van der Waals surface area contributed by atoms with Crippen molar-refractivity contribution in [3.63, 3.8) is 0 Å².